The fraction of sp³-hybridized carbons (Fsp3) is 0.909. The van der Waals surface area contributed by atoms with Gasteiger partial charge in [0.05, 0.1) is 30.8 Å². The quantitative estimate of drug-likeness (QED) is 0.741. The third-order valence-corrected chi connectivity index (χ3v) is 1.66. The third-order valence-electron chi connectivity index (χ3n) is 1.66. The van der Waals surface area contributed by atoms with Gasteiger partial charge in [0.25, 0.3) is 0 Å². The maximum absolute atomic E-state index is 10.3. The zero-order chi connectivity index (χ0) is 12.1. The molecule has 0 aromatic rings. The molecule has 0 aliphatic carbocycles. The highest BCUT2D eigenvalue weighted by molar-refractivity contribution is 5.66. The Morgan fingerprint density at radius 3 is 2.07 bits per heavy atom. The summed E-state index contributed by atoms with van der Waals surface area (Å²) in [6, 6.07) is 0. The molecule has 0 unspecified atom stereocenters. The van der Waals surface area contributed by atoms with Crippen LogP contribution in [0.4, 0.5) is 0 Å². The van der Waals surface area contributed by atoms with Crippen LogP contribution in [0.3, 0.4) is 0 Å². The van der Waals surface area contributed by atoms with Crippen molar-refractivity contribution in [2.45, 2.75) is 52.2 Å². The number of ether oxygens (including phenoxy) is 2. The minimum Gasteiger partial charge on any atom is -0.481 e. The van der Waals surface area contributed by atoms with Crippen molar-refractivity contribution in [3.8, 4) is 0 Å². The van der Waals surface area contributed by atoms with Gasteiger partial charge in [-0.15, -0.1) is 0 Å². The second-order valence-corrected chi connectivity index (χ2v) is 5.15. The molecule has 0 spiro atoms. The van der Waals surface area contributed by atoms with Gasteiger partial charge in [0.15, 0.2) is 0 Å². The van der Waals surface area contributed by atoms with Gasteiger partial charge in [0.1, 0.15) is 0 Å². The van der Waals surface area contributed by atoms with Gasteiger partial charge in [0, 0.05) is 0 Å². The summed E-state index contributed by atoms with van der Waals surface area (Å²) in [6.45, 7) is 10.4. The maximum Gasteiger partial charge on any atom is 0.305 e. The summed E-state index contributed by atoms with van der Waals surface area (Å²) in [7, 11) is 0. The van der Waals surface area contributed by atoms with Crippen LogP contribution in [-0.4, -0.2) is 35.5 Å². The van der Waals surface area contributed by atoms with E-state index in [2.05, 4.69) is 0 Å². The predicted octanol–water partition coefficient (Wildman–Crippen LogP) is 2.07. The molecule has 0 heterocycles. The molecule has 0 aromatic carbocycles. The van der Waals surface area contributed by atoms with Gasteiger partial charge in [-0.1, -0.05) is 0 Å². The fourth-order valence-electron chi connectivity index (χ4n) is 0.847. The number of carboxylic acid groups (broad SMARTS) is 1. The van der Waals surface area contributed by atoms with E-state index >= 15 is 0 Å². The van der Waals surface area contributed by atoms with Gasteiger partial charge < -0.3 is 14.6 Å². The molecule has 4 nitrogen and oxygen atoms in total. The van der Waals surface area contributed by atoms with E-state index in [1.807, 2.05) is 34.6 Å². The number of hydrogen-bond acceptors (Lipinski definition) is 3. The van der Waals surface area contributed by atoms with E-state index in [-0.39, 0.29) is 18.6 Å². The molecule has 0 aliphatic rings. The Hall–Kier alpha value is -0.610. The summed E-state index contributed by atoms with van der Waals surface area (Å²) >= 11 is 0. The van der Waals surface area contributed by atoms with E-state index in [0.29, 0.717) is 6.61 Å². The molecular formula is C11H22O4. The highest BCUT2D eigenvalue weighted by Gasteiger charge is 2.22. The van der Waals surface area contributed by atoms with E-state index in [1.54, 1.807) is 0 Å². The second-order valence-electron chi connectivity index (χ2n) is 5.15. The normalized spacial score (nSPS) is 12.9. The van der Waals surface area contributed by atoms with Gasteiger partial charge in [-0.2, -0.15) is 0 Å². The second kappa shape index (κ2) is 5.47. The van der Waals surface area contributed by atoms with Crippen LogP contribution in [-0.2, 0) is 14.3 Å². The lowest BCUT2D eigenvalue weighted by molar-refractivity contribution is -0.143. The monoisotopic (exact) mass is 218 g/mol. The van der Waals surface area contributed by atoms with Crippen LogP contribution < -0.4 is 0 Å². The van der Waals surface area contributed by atoms with Crippen molar-refractivity contribution < 1.29 is 19.4 Å². The molecule has 0 atom stereocenters. The van der Waals surface area contributed by atoms with Crippen molar-refractivity contribution in [2.75, 3.05) is 13.2 Å². The molecule has 0 aromatic heterocycles. The number of carboxylic acids is 1. The first-order valence-electron chi connectivity index (χ1n) is 5.12. The third kappa shape index (κ3) is 9.69. The van der Waals surface area contributed by atoms with Crippen molar-refractivity contribution in [3.05, 3.63) is 0 Å². The summed E-state index contributed by atoms with van der Waals surface area (Å²) in [6.07, 6.45) is 0.0267. The molecule has 1 N–H and O–H groups in total. The van der Waals surface area contributed by atoms with Crippen LogP contribution in [0.15, 0.2) is 0 Å². The van der Waals surface area contributed by atoms with Crippen LogP contribution in [0.25, 0.3) is 0 Å². The van der Waals surface area contributed by atoms with Gasteiger partial charge in [-0.3, -0.25) is 4.79 Å². The lowest BCUT2D eigenvalue weighted by Gasteiger charge is -2.29. The van der Waals surface area contributed by atoms with Crippen LogP contribution in [0, 0.1) is 0 Å². The van der Waals surface area contributed by atoms with Crippen molar-refractivity contribution in [2.24, 2.45) is 0 Å². The van der Waals surface area contributed by atoms with E-state index in [9.17, 15) is 4.79 Å². The molecule has 0 bridgehead atoms. The smallest absolute Gasteiger partial charge is 0.305 e. The fourth-order valence-corrected chi connectivity index (χ4v) is 0.847. The predicted molar refractivity (Wildman–Crippen MR) is 58.0 cm³/mol. The lowest BCUT2D eigenvalue weighted by atomic mass is 10.1. The Morgan fingerprint density at radius 2 is 1.67 bits per heavy atom. The van der Waals surface area contributed by atoms with E-state index in [4.69, 9.17) is 14.6 Å². The van der Waals surface area contributed by atoms with Gasteiger partial charge >= 0.3 is 5.97 Å². The molecule has 90 valence electrons. The summed E-state index contributed by atoms with van der Waals surface area (Å²) in [5, 5.41) is 8.46. The Morgan fingerprint density at radius 1 is 1.13 bits per heavy atom. The van der Waals surface area contributed by atoms with Crippen LogP contribution in [0.5, 0.6) is 0 Å². The van der Waals surface area contributed by atoms with E-state index in [0.717, 1.165) is 0 Å². The number of hydrogen-bond donors (Lipinski definition) is 1. The van der Waals surface area contributed by atoms with Crippen LogP contribution >= 0.6 is 0 Å². The molecule has 0 saturated carbocycles. The summed E-state index contributed by atoms with van der Waals surface area (Å²) in [5.74, 6) is -0.845. The van der Waals surface area contributed by atoms with Crippen molar-refractivity contribution in [1.29, 1.82) is 0 Å². The minimum absolute atomic E-state index is 0.0267. The van der Waals surface area contributed by atoms with Crippen molar-refractivity contribution >= 4 is 5.97 Å². The number of carbonyl (C=O) groups is 1. The zero-order valence-electron chi connectivity index (χ0n) is 10.3. The average Bonchev–Trinajstić information content (AvgIpc) is 1.99. The molecule has 0 saturated heterocycles. The molecule has 0 radical (unpaired) electrons. The van der Waals surface area contributed by atoms with Gasteiger partial charge in [-0.25, -0.2) is 0 Å². The summed E-state index contributed by atoms with van der Waals surface area (Å²) in [4.78, 5) is 10.3. The minimum atomic E-state index is -0.845. The van der Waals surface area contributed by atoms with Gasteiger partial charge in [-0.05, 0) is 34.6 Å². The SMILES string of the molecule is CC(C)(C)OCC(C)(C)OCCC(=O)O. The van der Waals surface area contributed by atoms with Crippen molar-refractivity contribution in [1.82, 2.24) is 0 Å². The summed E-state index contributed by atoms with van der Waals surface area (Å²) < 4.78 is 11.0. The molecule has 0 amide bonds. The van der Waals surface area contributed by atoms with Crippen molar-refractivity contribution in [3.63, 3.8) is 0 Å². The molecule has 0 fully saturated rings. The topological polar surface area (TPSA) is 55.8 Å². The summed E-state index contributed by atoms with van der Waals surface area (Å²) in [5.41, 5.74) is -0.643. The Labute approximate surface area is 91.6 Å². The highest BCUT2D eigenvalue weighted by atomic mass is 16.6. The molecule has 0 aliphatic heterocycles. The largest absolute Gasteiger partial charge is 0.481 e. The molecule has 4 heteroatoms. The first-order valence-corrected chi connectivity index (χ1v) is 5.12. The standard InChI is InChI=1S/C11H22O4/c1-10(2,3)15-8-11(4,5)14-7-6-9(12)13/h6-8H2,1-5H3,(H,12,13). The number of aliphatic carboxylic acids is 1. The van der Waals surface area contributed by atoms with E-state index in [1.165, 1.54) is 0 Å². The molecule has 0 rings (SSSR count). The maximum atomic E-state index is 10.3. The van der Waals surface area contributed by atoms with Crippen LogP contribution in [0.1, 0.15) is 41.0 Å². The molecule has 15 heavy (non-hydrogen) atoms. The van der Waals surface area contributed by atoms with Gasteiger partial charge in [0.2, 0.25) is 0 Å². The first kappa shape index (κ1) is 14.4. The Kier molecular flexibility index (Phi) is 5.24. The number of rotatable bonds is 6. The average molecular weight is 218 g/mol. The Bertz CT molecular complexity index is 203. The first-order chi connectivity index (χ1) is 6.62. The Balaban J connectivity index is 3.81. The van der Waals surface area contributed by atoms with Crippen LogP contribution in [0.2, 0.25) is 0 Å². The zero-order valence-corrected chi connectivity index (χ0v) is 10.3. The lowest BCUT2D eigenvalue weighted by Crippen LogP contribution is -2.35. The highest BCUT2D eigenvalue weighted by Crippen LogP contribution is 2.15. The van der Waals surface area contributed by atoms with E-state index < -0.39 is 11.6 Å². The molecular weight excluding hydrogens is 196 g/mol.